The molecule has 4 nitrogen and oxygen atoms in total. The lowest BCUT2D eigenvalue weighted by Gasteiger charge is -2.31. The lowest BCUT2D eigenvalue weighted by molar-refractivity contribution is -0.158. The van der Waals surface area contributed by atoms with Gasteiger partial charge in [-0.25, -0.2) is 8.42 Å². The highest BCUT2D eigenvalue weighted by Gasteiger charge is 2.58. The van der Waals surface area contributed by atoms with Gasteiger partial charge >= 0.3 is 6.18 Å². The molecule has 9 heteroatoms. The summed E-state index contributed by atoms with van der Waals surface area (Å²) in [6.45, 7) is 0. The highest BCUT2D eigenvalue weighted by atomic mass is 32.2. The first-order chi connectivity index (χ1) is 9.70. The first-order valence-electron chi connectivity index (χ1n) is 5.84. The molecule has 0 aliphatic carbocycles. The standard InChI is InChI=1S/C12H12F3NO3S2/c13-12(14,15)11(6-9-4-2-1-3-5-9)7-10(8-20-11)21(18,19)16-17/h1-5,8,16-17H,6-7H2. The molecule has 0 fully saturated rings. The maximum Gasteiger partial charge on any atom is 0.404 e. The van der Waals surface area contributed by atoms with Crippen LogP contribution in [0.3, 0.4) is 0 Å². The summed E-state index contributed by atoms with van der Waals surface area (Å²) < 4.78 is 61.0. The van der Waals surface area contributed by atoms with Crippen LogP contribution in [0.4, 0.5) is 13.2 Å². The maximum atomic E-state index is 13.4. The third kappa shape index (κ3) is 3.25. The van der Waals surface area contributed by atoms with Crippen molar-refractivity contribution in [2.75, 3.05) is 0 Å². The van der Waals surface area contributed by atoms with E-state index in [-0.39, 0.29) is 6.42 Å². The number of allylic oxidation sites excluding steroid dienone is 1. The molecule has 1 aromatic carbocycles. The highest BCUT2D eigenvalue weighted by molar-refractivity contribution is 8.05. The highest BCUT2D eigenvalue weighted by Crippen LogP contribution is 2.53. The van der Waals surface area contributed by atoms with E-state index in [4.69, 9.17) is 5.21 Å². The Morgan fingerprint density at radius 3 is 2.43 bits per heavy atom. The predicted molar refractivity (Wildman–Crippen MR) is 73.1 cm³/mol. The summed E-state index contributed by atoms with van der Waals surface area (Å²) in [6, 6.07) is 8.06. The third-order valence-corrected chi connectivity index (χ3v) is 5.91. The Labute approximate surface area is 124 Å². The van der Waals surface area contributed by atoms with Gasteiger partial charge in [-0.2, -0.15) is 13.2 Å². The van der Waals surface area contributed by atoms with Gasteiger partial charge in [0.05, 0.1) is 4.91 Å². The van der Waals surface area contributed by atoms with Gasteiger partial charge in [0.15, 0.2) is 0 Å². The van der Waals surface area contributed by atoms with E-state index in [1.54, 1.807) is 30.3 Å². The van der Waals surface area contributed by atoms with Crippen molar-refractivity contribution >= 4 is 21.8 Å². The molecule has 1 atom stereocenters. The zero-order chi connectivity index (χ0) is 15.7. The Kier molecular flexibility index (Phi) is 4.39. The number of halogens is 3. The van der Waals surface area contributed by atoms with Crippen molar-refractivity contribution in [1.82, 2.24) is 4.89 Å². The molecule has 1 aromatic rings. The first-order valence-corrected chi connectivity index (χ1v) is 8.20. The second-order valence-corrected chi connectivity index (χ2v) is 7.59. The van der Waals surface area contributed by atoms with Crippen LogP contribution in [0.2, 0.25) is 0 Å². The van der Waals surface area contributed by atoms with Crippen LogP contribution in [0, 0.1) is 0 Å². The summed E-state index contributed by atoms with van der Waals surface area (Å²) in [4.78, 5) is 0.590. The molecule has 0 saturated carbocycles. The normalized spacial score (nSPS) is 23.1. The van der Waals surface area contributed by atoms with Crippen LogP contribution in [0.25, 0.3) is 0 Å². The van der Waals surface area contributed by atoms with E-state index in [9.17, 15) is 21.6 Å². The van der Waals surface area contributed by atoms with Crippen LogP contribution >= 0.6 is 11.8 Å². The van der Waals surface area contributed by atoms with Crippen molar-refractivity contribution in [3.8, 4) is 0 Å². The molecule has 0 aromatic heterocycles. The van der Waals surface area contributed by atoms with Crippen LogP contribution in [0.5, 0.6) is 0 Å². The zero-order valence-corrected chi connectivity index (χ0v) is 12.2. The topological polar surface area (TPSA) is 66.4 Å². The summed E-state index contributed by atoms with van der Waals surface area (Å²) in [5, 5.41) is 9.49. The monoisotopic (exact) mass is 339 g/mol. The second-order valence-electron chi connectivity index (χ2n) is 4.63. The van der Waals surface area contributed by atoms with E-state index in [2.05, 4.69) is 0 Å². The van der Waals surface area contributed by atoms with E-state index < -0.39 is 32.3 Å². The van der Waals surface area contributed by atoms with Crippen molar-refractivity contribution in [1.29, 1.82) is 0 Å². The molecular weight excluding hydrogens is 327 g/mol. The number of rotatable bonds is 4. The molecule has 0 radical (unpaired) electrons. The molecule has 2 N–H and O–H groups in total. The molecule has 0 bridgehead atoms. The first kappa shape index (κ1) is 16.3. The molecule has 2 rings (SSSR count). The van der Waals surface area contributed by atoms with Crippen LogP contribution in [0.15, 0.2) is 40.6 Å². The third-order valence-electron chi connectivity index (χ3n) is 3.19. The van der Waals surface area contributed by atoms with Crippen molar-refractivity contribution in [2.45, 2.75) is 23.8 Å². The van der Waals surface area contributed by atoms with E-state index in [0.29, 0.717) is 17.3 Å². The lowest BCUT2D eigenvalue weighted by Crippen LogP contribution is -2.43. The molecule has 0 saturated heterocycles. The van der Waals surface area contributed by atoms with Crippen LogP contribution in [0.1, 0.15) is 12.0 Å². The van der Waals surface area contributed by atoms with Gasteiger partial charge in [-0.1, -0.05) is 35.2 Å². The van der Waals surface area contributed by atoms with Crippen molar-refractivity contribution in [3.05, 3.63) is 46.2 Å². The molecule has 1 heterocycles. The largest absolute Gasteiger partial charge is 0.404 e. The summed E-state index contributed by atoms with van der Waals surface area (Å²) in [6.07, 6.45) is -5.65. The molecule has 1 unspecified atom stereocenters. The number of hydrogen-bond donors (Lipinski definition) is 2. The molecular formula is C12H12F3NO3S2. The molecule has 0 amide bonds. The molecule has 0 spiro atoms. The number of sulfonamides is 1. The number of thioether (sulfide) groups is 1. The van der Waals surface area contributed by atoms with E-state index in [1.807, 2.05) is 0 Å². The van der Waals surface area contributed by atoms with Gasteiger partial charge in [0.1, 0.15) is 4.75 Å². The quantitative estimate of drug-likeness (QED) is 0.828. The lowest BCUT2D eigenvalue weighted by atomic mass is 9.94. The molecule has 1 aliphatic heterocycles. The Morgan fingerprint density at radius 1 is 1.29 bits per heavy atom. The van der Waals surface area contributed by atoms with Gasteiger partial charge < -0.3 is 5.21 Å². The Bertz CT molecular complexity index is 643. The number of alkyl halides is 3. The summed E-state index contributed by atoms with van der Waals surface area (Å²) in [7, 11) is -4.28. The minimum absolute atomic E-state index is 0.344. The Hall–Kier alpha value is -1.03. The van der Waals surface area contributed by atoms with Crippen LogP contribution < -0.4 is 4.89 Å². The van der Waals surface area contributed by atoms with Crippen molar-refractivity contribution < 1.29 is 26.8 Å². The van der Waals surface area contributed by atoms with Crippen molar-refractivity contribution in [3.63, 3.8) is 0 Å². The van der Waals surface area contributed by atoms with Gasteiger partial charge in [-0.3, -0.25) is 0 Å². The minimum Gasteiger partial charge on any atom is -0.302 e. The second kappa shape index (κ2) is 5.64. The summed E-state index contributed by atoms with van der Waals surface area (Å²) in [5.74, 6) is 0. The predicted octanol–water partition coefficient (Wildman–Crippen LogP) is 2.82. The van der Waals surface area contributed by atoms with E-state index >= 15 is 0 Å². The minimum atomic E-state index is -4.59. The zero-order valence-electron chi connectivity index (χ0n) is 10.6. The van der Waals surface area contributed by atoms with Crippen molar-refractivity contribution in [2.24, 2.45) is 0 Å². The van der Waals surface area contributed by atoms with Gasteiger partial charge in [-0.15, -0.1) is 11.8 Å². The van der Waals surface area contributed by atoms with Crippen LogP contribution in [-0.2, 0) is 16.4 Å². The average Bonchev–Trinajstić information content (AvgIpc) is 2.86. The SMILES string of the molecule is O=S(=O)(NO)C1=CSC(Cc2ccccc2)(C(F)(F)F)C1. The molecule has 1 aliphatic rings. The maximum absolute atomic E-state index is 13.4. The Balaban J connectivity index is 2.32. The summed E-state index contributed by atoms with van der Waals surface area (Å²) in [5.41, 5.74) is 0.464. The fraction of sp³-hybridized carbons (Fsp3) is 0.333. The average molecular weight is 339 g/mol. The van der Waals surface area contributed by atoms with Gasteiger partial charge in [0, 0.05) is 6.42 Å². The van der Waals surface area contributed by atoms with Gasteiger partial charge in [0.25, 0.3) is 10.0 Å². The number of nitrogens with one attached hydrogen (secondary N) is 1. The van der Waals surface area contributed by atoms with Crippen LogP contribution in [-0.4, -0.2) is 24.5 Å². The fourth-order valence-corrected chi connectivity index (χ4v) is 4.42. The molecule has 21 heavy (non-hydrogen) atoms. The van der Waals surface area contributed by atoms with E-state index in [1.165, 1.54) is 0 Å². The summed E-state index contributed by atoms with van der Waals surface area (Å²) >= 11 is 0.425. The molecule has 116 valence electrons. The number of hydrogen-bond acceptors (Lipinski definition) is 4. The number of benzene rings is 1. The smallest absolute Gasteiger partial charge is 0.302 e. The van der Waals surface area contributed by atoms with Gasteiger partial charge in [-0.05, 0) is 17.4 Å². The van der Waals surface area contributed by atoms with E-state index in [0.717, 1.165) is 10.3 Å². The van der Waals surface area contributed by atoms with Gasteiger partial charge in [0.2, 0.25) is 0 Å². The Morgan fingerprint density at radius 2 is 1.90 bits per heavy atom. The fourth-order valence-electron chi connectivity index (χ4n) is 2.06.